The Bertz CT molecular complexity index is 355. The molecule has 0 aliphatic rings. The molecule has 4 nitrogen and oxygen atoms in total. The molecular formula is C20H42O4Si2. The lowest BCUT2D eigenvalue weighted by Crippen LogP contribution is -2.28. The summed E-state index contributed by atoms with van der Waals surface area (Å²) >= 11 is 0. The summed E-state index contributed by atoms with van der Waals surface area (Å²) in [4.78, 5) is 24.3. The highest BCUT2D eigenvalue weighted by atomic mass is 28.2. The maximum atomic E-state index is 12.2. The normalized spacial score (nSPS) is 13.0. The minimum Gasteiger partial charge on any atom is -0.525 e. The van der Waals surface area contributed by atoms with Crippen LogP contribution in [0.3, 0.4) is 0 Å². The van der Waals surface area contributed by atoms with Crippen LogP contribution in [-0.2, 0) is 18.4 Å². The van der Waals surface area contributed by atoms with E-state index in [9.17, 15) is 9.59 Å². The predicted molar refractivity (Wildman–Crippen MR) is 114 cm³/mol. The molecular weight excluding hydrogens is 360 g/mol. The van der Waals surface area contributed by atoms with Crippen LogP contribution in [0.2, 0.25) is 12.1 Å². The van der Waals surface area contributed by atoms with E-state index < -0.39 is 19.5 Å². The molecule has 0 heterocycles. The molecule has 0 saturated heterocycles. The second-order valence-electron chi connectivity index (χ2n) is 8.78. The molecule has 0 aromatic rings. The fraction of sp³-hybridized carbons (Fsp3) is 0.900. The number of carbonyl (C=O) groups excluding carboxylic acids is 2. The average molecular weight is 403 g/mol. The van der Waals surface area contributed by atoms with Crippen molar-refractivity contribution in [2.75, 3.05) is 0 Å². The Labute approximate surface area is 166 Å². The van der Waals surface area contributed by atoms with E-state index in [2.05, 4.69) is 55.4 Å². The number of rotatable bonds is 13. The first-order chi connectivity index (χ1) is 12.1. The van der Waals surface area contributed by atoms with E-state index in [1.807, 2.05) is 0 Å². The zero-order chi connectivity index (χ0) is 20.3. The number of carbonyl (C=O) groups is 2. The van der Waals surface area contributed by atoms with Gasteiger partial charge < -0.3 is 8.85 Å². The van der Waals surface area contributed by atoms with E-state index in [0.717, 1.165) is 24.9 Å². The van der Waals surface area contributed by atoms with E-state index in [0.29, 0.717) is 23.7 Å². The Morgan fingerprint density at radius 1 is 0.615 bits per heavy atom. The maximum Gasteiger partial charge on any atom is 0.295 e. The molecule has 0 atom stereocenters. The molecule has 0 N–H and O–H groups in total. The summed E-state index contributed by atoms with van der Waals surface area (Å²) in [5, 5.41) is 0. The van der Waals surface area contributed by atoms with Gasteiger partial charge in [-0.2, -0.15) is 0 Å². The van der Waals surface area contributed by atoms with Gasteiger partial charge in [0, 0.05) is 0 Å². The van der Waals surface area contributed by atoms with Gasteiger partial charge in [-0.15, -0.1) is 0 Å². The fourth-order valence-electron chi connectivity index (χ4n) is 3.72. The van der Waals surface area contributed by atoms with Gasteiger partial charge in [-0.3, -0.25) is 9.59 Å². The summed E-state index contributed by atoms with van der Waals surface area (Å²) in [7, 11) is -1.54. The van der Waals surface area contributed by atoms with Crippen molar-refractivity contribution in [2.24, 2.45) is 35.5 Å². The zero-order valence-electron chi connectivity index (χ0n) is 18.3. The van der Waals surface area contributed by atoms with Crippen molar-refractivity contribution in [1.82, 2.24) is 0 Å². The zero-order valence-corrected chi connectivity index (χ0v) is 21.2. The Morgan fingerprint density at radius 3 is 1.12 bits per heavy atom. The minimum absolute atomic E-state index is 0.00150. The van der Waals surface area contributed by atoms with Crippen molar-refractivity contribution in [1.29, 1.82) is 0 Å². The summed E-state index contributed by atoms with van der Waals surface area (Å²) in [6.45, 7) is 16.7. The van der Waals surface area contributed by atoms with Crippen LogP contribution in [0, 0.1) is 35.5 Å². The second kappa shape index (κ2) is 13.5. The Hall–Kier alpha value is -0.626. The number of hydrogen-bond donors (Lipinski definition) is 0. The van der Waals surface area contributed by atoms with Crippen LogP contribution in [0.25, 0.3) is 0 Å². The molecule has 0 spiro atoms. The Balaban J connectivity index is 3.86. The van der Waals surface area contributed by atoms with Crippen molar-refractivity contribution in [2.45, 2.75) is 80.3 Å². The molecule has 0 aliphatic carbocycles. The minimum atomic E-state index is -0.769. The molecule has 0 saturated carbocycles. The van der Waals surface area contributed by atoms with Gasteiger partial charge in [0.1, 0.15) is 0 Å². The third kappa shape index (κ3) is 9.90. The van der Waals surface area contributed by atoms with Crippen LogP contribution < -0.4 is 0 Å². The summed E-state index contributed by atoms with van der Waals surface area (Å²) < 4.78 is 11.2. The first-order valence-electron chi connectivity index (χ1n) is 10.4. The van der Waals surface area contributed by atoms with Crippen LogP contribution in [0.1, 0.15) is 68.2 Å². The molecule has 6 heteroatoms. The molecule has 0 aromatic heterocycles. The van der Waals surface area contributed by atoms with Crippen LogP contribution in [0.5, 0.6) is 0 Å². The van der Waals surface area contributed by atoms with Crippen LogP contribution in [-0.4, -0.2) is 31.5 Å². The molecule has 0 aliphatic heterocycles. The predicted octanol–water partition coefficient (Wildman–Crippen LogP) is 3.71. The number of hydrogen-bond acceptors (Lipinski definition) is 4. The molecule has 0 unspecified atom stereocenters. The lowest BCUT2D eigenvalue weighted by Gasteiger charge is -2.23. The third-order valence-electron chi connectivity index (χ3n) is 4.94. The van der Waals surface area contributed by atoms with Gasteiger partial charge in [0.25, 0.3) is 11.9 Å². The van der Waals surface area contributed by atoms with Gasteiger partial charge >= 0.3 is 0 Å². The first kappa shape index (κ1) is 25.4. The van der Waals surface area contributed by atoms with Gasteiger partial charge in [0.2, 0.25) is 19.5 Å². The SMILES string of the molecule is CC(C)C(C(=O)O[SiH2]CCCC[SiH2]OC(=O)C(C(C)C)C(C)C)C(C)C. The van der Waals surface area contributed by atoms with Crippen LogP contribution in [0.4, 0.5) is 0 Å². The third-order valence-corrected chi connectivity index (χ3v) is 7.50. The van der Waals surface area contributed by atoms with E-state index >= 15 is 0 Å². The smallest absolute Gasteiger partial charge is 0.295 e. The highest BCUT2D eigenvalue weighted by Gasteiger charge is 2.27. The van der Waals surface area contributed by atoms with E-state index in [1.165, 1.54) is 0 Å². The van der Waals surface area contributed by atoms with Gasteiger partial charge in [-0.1, -0.05) is 68.2 Å². The molecule has 26 heavy (non-hydrogen) atoms. The van der Waals surface area contributed by atoms with Gasteiger partial charge in [0.15, 0.2) is 0 Å². The Morgan fingerprint density at radius 2 is 0.885 bits per heavy atom. The molecule has 0 bridgehead atoms. The molecule has 0 rings (SSSR count). The van der Waals surface area contributed by atoms with Crippen LogP contribution in [0.15, 0.2) is 0 Å². The molecule has 0 aromatic carbocycles. The van der Waals surface area contributed by atoms with Crippen molar-refractivity contribution < 1.29 is 18.4 Å². The van der Waals surface area contributed by atoms with E-state index in [-0.39, 0.29) is 23.8 Å². The Kier molecular flexibility index (Phi) is 13.2. The second-order valence-corrected chi connectivity index (χ2v) is 11.6. The molecule has 0 radical (unpaired) electrons. The largest absolute Gasteiger partial charge is 0.525 e. The van der Waals surface area contributed by atoms with Crippen molar-refractivity contribution >= 4 is 31.5 Å². The quantitative estimate of drug-likeness (QED) is 0.348. The maximum absolute atomic E-state index is 12.2. The summed E-state index contributed by atoms with van der Waals surface area (Å²) in [6, 6.07) is 2.05. The first-order valence-corrected chi connectivity index (χ1v) is 13.6. The topological polar surface area (TPSA) is 52.6 Å². The highest BCUT2D eigenvalue weighted by Crippen LogP contribution is 2.23. The van der Waals surface area contributed by atoms with Crippen molar-refractivity contribution in [3.8, 4) is 0 Å². The summed E-state index contributed by atoms with van der Waals surface area (Å²) in [5.41, 5.74) is 0. The molecule has 0 amide bonds. The fourth-order valence-corrected chi connectivity index (χ4v) is 5.92. The summed E-state index contributed by atoms with van der Waals surface area (Å²) in [6.07, 6.45) is 2.16. The molecule has 154 valence electrons. The lowest BCUT2D eigenvalue weighted by atomic mass is 9.86. The van der Waals surface area contributed by atoms with Gasteiger partial charge in [-0.25, -0.2) is 0 Å². The number of unbranched alkanes of at least 4 members (excludes halogenated alkanes) is 1. The lowest BCUT2D eigenvalue weighted by molar-refractivity contribution is -0.143. The van der Waals surface area contributed by atoms with Crippen molar-refractivity contribution in [3.63, 3.8) is 0 Å². The van der Waals surface area contributed by atoms with Gasteiger partial charge in [0.05, 0.1) is 11.8 Å². The monoisotopic (exact) mass is 402 g/mol. The highest BCUT2D eigenvalue weighted by molar-refractivity contribution is 6.31. The van der Waals surface area contributed by atoms with E-state index in [4.69, 9.17) is 8.85 Å². The standard InChI is InChI=1S/C20H42O4Si2/c1-13(2)17(14(3)4)19(21)23-25-11-9-10-12-26-24-20(22)18(15(5)6)16(7)8/h13-18H,9-12,25-26H2,1-8H3. The van der Waals surface area contributed by atoms with Gasteiger partial charge in [-0.05, 0) is 35.8 Å². The van der Waals surface area contributed by atoms with E-state index in [1.54, 1.807) is 0 Å². The molecule has 0 fully saturated rings. The van der Waals surface area contributed by atoms with Crippen molar-refractivity contribution in [3.05, 3.63) is 0 Å². The average Bonchev–Trinajstić information content (AvgIpc) is 2.48. The van der Waals surface area contributed by atoms with Crippen LogP contribution >= 0.6 is 0 Å². The summed E-state index contributed by atoms with van der Waals surface area (Å²) in [5.74, 6) is 1.36.